The van der Waals surface area contributed by atoms with Crippen LogP contribution in [0.15, 0.2) is 18.2 Å². The Morgan fingerprint density at radius 2 is 1.70 bits per heavy atom. The minimum Gasteiger partial charge on any atom is -0.459 e. The van der Waals surface area contributed by atoms with Crippen LogP contribution in [-0.4, -0.2) is 23.8 Å². The van der Waals surface area contributed by atoms with Gasteiger partial charge in [0.2, 0.25) is 0 Å². The summed E-state index contributed by atoms with van der Waals surface area (Å²) in [6, 6.07) is 11.7. The predicted octanol–water partition coefficient (Wildman–Crippen LogP) is 4.38. The lowest BCUT2D eigenvalue weighted by Crippen LogP contribution is -2.36. The fourth-order valence-electron chi connectivity index (χ4n) is 2.06. The van der Waals surface area contributed by atoms with Gasteiger partial charge in [0, 0.05) is 12.8 Å². The van der Waals surface area contributed by atoms with Crippen LogP contribution in [0.2, 0.25) is 0 Å². The monoisotopic (exact) mass is 318 g/mol. The Balaban J connectivity index is 2.46. The molecule has 3 heteroatoms. The first-order valence-corrected chi connectivity index (χ1v) is 8.15. The van der Waals surface area contributed by atoms with E-state index in [0.29, 0.717) is 13.0 Å². The van der Waals surface area contributed by atoms with E-state index in [0.717, 1.165) is 6.42 Å². The van der Waals surface area contributed by atoms with Gasteiger partial charge in [0.25, 0.3) is 0 Å². The lowest BCUT2D eigenvalue weighted by atomic mass is 9.96. The van der Waals surface area contributed by atoms with Crippen molar-refractivity contribution in [3.8, 4) is 0 Å². The maximum absolute atomic E-state index is 12.0. The Kier molecular flexibility index (Phi) is 6.25. The third kappa shape index (κ3) is 7.52. The largest absolute Gasteiger partial charge is 0.459 e. The minimum atomic E-state index is -0.532. The van der Waals surface area contributed by atoms with Gasteiger partial charge in [-0.05, 0) is 72.2 Å². The van der Waals surface area contributed by atoms with Crippen LogP contribution in [-0.2, 0) is 20.7 Å². The topological polar surface area (TPSA) is 35.5 Å². The first kappa shape index (κ1) is 19.5. The molecule has 0 aromatic heterocycles. The zero-order chi connectivity index (χ0) is 17.7. The van der Waals surface area contributed by atoms with Gasteiger partial charge in [0.15, 0.2) is 0 Å². The first-order valence-electron chi connectivity index (χ1n) is 8.15. The highest BCUT2D eigenvalue weighted by molar-refractivity contribution is 5.75. The average Bonchev–Trinajstić information content (AvgIpc) is 2.36. The standard InChI is InChI=1S/C20H30O3/c1-18(2,3)17(21)23-19(4,5)13-14-22-20(6,7)15-16-11-9-8-10-12-16/h9,11-12H,13-15H2,1-7H3. The summed E-state index contributed by atoms with van der Waals surface area (Å²) in [5.74, 6) is -0.183. The number of ether oxygens (including phenoxy) is 2. The van der Waals surface area contributed by atoms with Crippen molar-refractivity contribution in [1.29, 1.82) is 0 Å². The summed E-state index contributed by atoms with van der Waals surface area (Å²) in [5.41, 5.74) is -0.125. The van der Waals surface area contributed by atoms with Crippen LogP contribution < -0.4 is 0 Å². The Bertz CT molecular complexity index is 495. The molecule has 0 saturated carbocycles. The summed E-state index contributed by atoms with van der Waals surface area (Å²) in [4.78, 5) is 12.0. The number of carbonyl (C=O) groups is 1. The van der Waals surface area contributed by atoms with E-state index in [4.69, 9.17) is 9.47 Å². The molecule has 0 heterocycles. The van der Waals surface area contributed by atoms with E-state index in [1.54, 1.807) is 0 Å². The van der Waals surface area contributed by atoms with E-state index in [2.05, 4.69) is 26.0 Å². The molecule has 23 heavy (non-hydrogen) atoms. The average molecular weight is 318 g/mol. The van der Waals surface area contributed by atoms with Crippen molar-refractivity contribution in [2.75, 3.05) is 6.61 Å². The molecule has 128 valence electrons. The molecule has 0 radical (unpaired) electrons. The molecule has 0 atom stereocenters. The quantitative estimate of drug-likeness (QED) is 0.700. The number of hydrogen-bond acceptors (Lipinski definition) is 3. The van der Waals surface area contributed by atoms with Crippen molar-refractivity contribution in [3.05, 3.63) is 35.9 Å². The number of hydrogen-bond donors (Lipinski definition) is 0. The summed E-state index contributed by atoms with van der Waals surface area (Å²) in [5, 5.41) is 0. The highest BCUT2D eigenvalue weighted by atomic mass is 16.6. The maximum atomic E-state index is 12.0. The molecule has 0 aliphatic carbocycles. The molecule has 1 rings (SSSR count). The SMILES string of the molecule is CC(C)(Cc1cc#ccc1)OCCC(C)(C)OC(=O)C(C)(C)C. The summed E-state index contributed by atoms with van der Waals surface area (Å²) in [6.07, 6.45) is 1.47. The third-order valence-corrected chi connectivity index (χ3v) is 3.53. The van der Waals surface area contributed by atoms with Crippen LogP contribution in [0.1, 0.15) is 60.5 Å². The van der Waals surface area contributed by atoms with Crippen LogP contribution >= 0.6 is 0 Å². The summed E-state index contributed by atoms with van der Waals surface area (Å²) in [7, 11) is 0. The fraction of sp³-hybridized carbons (Fsp3) is 0.650. The van der Waals surface area contributed by atoms with E-state index in [1.807, 2.05) is 52.8 Å². The summed E-state index contributed by atoms with van der Waals surface area (Å²) < 4.78 is 11.6. The van der Waals surface area contributed by atoms with Crippen molar-refractivity contribution >= 4 is 5.97 Å². The van der Waals surface area contributed by atoms with Crippen molar-refractivity contribution in [3.63, 3.8) is 0 Å². The molecular weight excluding hydrogens is 288 g/mol. The minimum absolute atomic E-state index is 0.183. The zero-order valence-electron chi connectivity index (χ0n) is 15.6. The van der Waals surface area contributed by atoms with E-state index < -0.39 is 11.0 Å². The second-order valence-corrected chi connectivity index (χ2v) is 8.28. The molecule has 0 spiro atoms. The smallest absolute Gasteiger partial charge is 0.311 e. The van der Waals surface area contributed by atoms with Gasteiger partial charge in [-0.1, -0.05) is 12.1 Å². The van der Waals surface area contributed by atoms with Gasteiger partial charge in [-0.3, -0.25) is 4.79 Å². The molecule has 0 aliphatic heterocycles. The zero-order valence-corrected chi connectivity index (χ0v) is 15.6. The van der Waals surface area contributed by atoms with Gasteiger partial charge in [-0.2, -0.15) is 0 Å². The number of carbonyl (C=O) groups excluding carboxylic acids is 1. The van der Waals surface area contributed by atoms with E-state index in [1.165, 1.54) is 5.56 Å². The van der Waals surface area contributed by atoms with Crippen molar-refractivity contribution < 1.29 is 14.3 Å². The Labute approximate surface area is 141 Å². The second kappa shape index (κ2) is 7.36. The van der Waals surface area contributed by atoms with Crippen molar-refractivity contribution in [2.24, 2.45) is 5.41 Å². The number of esters is 1. The van der Waals surface area contributed by atoms with Crippen LogP contribution in [0.3, 0.4) is 0 Å². The van der Waals surface area contributed by atoms with Gasteiger partial charge in [-0.15, -0.1) is 0 Å². The molecule has 0 saturated heterocycles. The van der Waals surface area contributed by atoms with Crippen molar-refractivity contribution in [1.82, 2.24) is 0 Å². The van der Waals surface area contributed by atoms with Gasteiger partial charge in [0.1, 0.15) is 5.60 Å². The Morgan fingerprint density at radius 3 is 2.22 bits per heavy atom. The second-order valence-electron chi connectivity index (χ2n) is 8.28. The molecule has 0 aliphatic rings. The molecule has 0 bridgehead atoms. The maximum Gasteiger partial charge on any atom is 0.311 e. The van der Waals surface area contributed by atoms with E-state index in [9.17, 15) is 4.79 Å². The Morgan fingerprint density at radius 1 is 1.04 bits per heavy atom. The predicted molar refractivity (Wildman–Crippen MR) is 92.1 cm³/mol. The molecule has 1 aromatic carbocycles. The lowest BCUT2D eigenvalue weighted by molar-refractivity contribution is -0.168. The fourth-order valence-corrected chi connectivity index (χ4v) is 2.06. The number of rotatable bonds is 7. The van der Waals surface area contributed by atoms with Gasteiger partial charge >= 0.3 is 5.97 Å². The van der Waals surface area contributed by atoms with Crippen LogP contribution in [0, 0.1) is 17.5 Å². The van der Waals surface area contributed by atoms with E-state index >= 15 is 0 Å². The molecular formula is C20H30O3. The van der Waals surface area contributed by atoms with Crippen LogP contribution in [0.25, 0.3) is 0 Å². The van der Waals surface area contributed by atoms with Crippen molar-refractivity contribution in [2.45, 2.75) is 72.5 Å². The van der Waals surface area contributed by atoms with Gasteiger partial charge in [0.05, 0.1) is 17.6 Å². The highest BCUT2D eigenvalue weighted by Gasteiger charge is 2.31. The normalized spacial score (nSPS) is 12.7. The van der Waals surface area contributed by atoms with Gasteiger partial charge < -0.3 is 9.47 Å². The first-order chi connectivity index (χ1) is 10.4. The Hall–Kier alpha value is -1.53. The molecule has 1 aromatic rings. The van der Waals surface area contributed by atoms with Gasteiger partial charge in [-0.25, -0.2) is 0 Å². The van der Waals surface area contributed by atoms with E-state index in [-0.39, 0.29) is 11.6 Å². The lowest BCUT2D eigenvalue weighted by Gasteiger charge is -2.31. The van der Waals surface area contributed by atoms with Crippen LogP contribution in [0.4, 0.5) is 0 Å². The summed E-state index contributed by atoms with van der Waals surface area (Å²) in [6.45, 7) is 14.1. The molecule has 0 unspecified atom stereocenters. The third-order valence-electron chi connectivity index (χ3n) is 3.53. The van der Waals surface area contributed by atoms with Crippen LogP contribution in [0.5, 0.6) is 0 Å². The molecule has 0 amide bonds. The molecule has 3 nitrogen and oxygen atoms in total. The highest BCUT2D eigenvalue weighted by Crippen LogP contribution is 2.24. The molecule has 0 fully saturated rings. The summed E-state index contributed by atoms with van der Waals surface area (Å²) >= 11 is 0. The molecule has 0 N–H and O–H groups in total.